The quantitative estimate of drug-likeness (QED) is 0.519. The molecule has 1 amide bonds. The maximum atomic E-state index is 10.1. The Labute approximate surface area is 82.9 Å². The Morgan fingerprint density at radius 1 is 1.50 bits per heavy atom. The van der Waals surface area contributed by atoms with Crippen molar-refractivity contribution >= 4 is 12.6 Å². The molecule has 3 nitrogen and oxygen atoms in total. The van der Waals surface area contributed by atoms with Crippen molar-refractivity contribution < 1.29 is 4.79 Å². The number of amides is 1. The van der Waals surface area contributed by atoms with Gasteiger partial charge in [-0.15, -0.1) is 0 Å². The van der Waals surface area contributed by atoms with E-state index in [9.17, 15) is 4.79 Å². The lowest BCUT2D eigenvalue weighted by molar-refractivity contribution is -0.109. The summed E-state index contributed by atoms with van der Waals surface area (Å²) in [4.78, 5) is 14.4. The van der Waals surface area contributed by atoms with Crippen LogP contribution in [-0.2, 0) is 4.79 Å². The Morgan fingerprint density at radius 3 is 3.29 bits per heavy atom. The molecule has 0 bridgehead atoms. The van der Waals surface area contributed by atoms with Gasteiger partial charge in [-0.3, -0.25) is 9.79 Å². The van der Waals surface area contributed by atoms with Crippen molar-refractivity contribution in [3.63, 3.8) is 0 Å². The first kappa shape index (κ1) is 8.94. The zero-order valence-electron chi connectivity index (χ0n) is 7.81. The average molecular weight is 188 g/mol. The third-order valence-corrected chi connectivity index (χ3v) is 2.38. The highest BCUT2D eigenvalue weighted by Crippen LogP contribution is 2.24. The summed E-state index contributed by atoms with van der Waals surface area (Å²) in [6.07, 6.45) is 11.7. The Balaban J connectivity index is 2.04. The third-order valence-electron chi connectivity index (χ3n) is 2.38. The van der Waals surface area contributed by atoms with E-state index in [-0.39, 0.29) is 6.04 Å². The molecule has 14 heavy (non-hydrogen) atoms. The smallest absolute Gasteiger partial charge is 0.207 e. The molecule has 0 saturated carbocycles. The number of nitrogens with one attached hydrogen (secondary N) is 1. The van der Waals surface area contributed by atoms with Crippen molar-refractivity contribution in [1.82, 2.24) is 5.32 Å². The minimum atomic E-state index is 0.214. The van der Waals surface area contributed by atoms with Gasteiger partial charge in [0.1, 0.15) is 0 Å². The number of carbonyl (C=O) groups is 1. The van der Waals surface area contributed by atoms with Gasteiger partial charge < -0.3 is 5.32 Å². The number of nitrogens with zero attached hydrogens (tertiary/aromatic N) is 1. The van der Waals surface area contributed by atoms with E-state index in [0.717, 1.165) is 12.8 Å². The maximum absolute atomic E-state index is 10.1. The van der Waals surface area contributed by atoms with Crippen LogP contribution in [0, 0.1) is 0 Å². The Morgan fingerprint density at radius 2 is 2.43 bits per heavy atom. The van der Waals surface area contributed by atoms with Gasteiger partial charge in [-0.25, -0.2) is 0 Å². The monoisotopic (exact) mass is 188 g/mol. The van der Waals surface area contributed by atoms with Crippen LogP contribution in [0.15, 0.2) is 40.4 Å². The first-order valence-electron chi connectivity index (χ1n) is 4.70. The predicted octanol–water partition coefficient (Wildman–Crippen LogP) is 0.998. The van der Waals surface area contributed by atoms with Crippen LogP contribution in [0.4, 0.5) is 0 Å². The number of hydrogen-bond donors (Lipinski definition) is 1. The number of carbonyl (C=O) groups excluding carboxylic acids is 1. The van der Waals surface area contributed by atoms with Crippen molar-refractivity contribution in [3.8, 4) is 0 Å². The largest absolute Gasteiger partial charge is 0.358 e. The van der Waals surface area contributed by atoms with Gasteiger partial charge in [0.15, 0.2) is 0 Å². The summed E-state index contributed by atoms with van der Waals surface area (Å²) in [7, 11) is 0. The predicted molar refractivity (Wildman–Crippen MR) is 56.3 cm³/mol. The van der Waals surface area contributed by atoms with E-state index in [0.29, 0.717) is 6.54 Å². The molecular formula is C11H12N2O. The Bertz CT molecular complexity index is 350. The van der Waals surface area contributed by atoms with Gasteiger partial charge in [-0.2, -0.15) is 0 Å². The molecule has 0 spiro atoms. The molecule has 1 heterocycles. The fourth-order valence-corrected chi connectivity index (χ4v) is 1.68. The highest BCUT2D eigenvalue weighted by atomic mass is 16.1. The molecule has 0 aromatic carbocycles. The number of fused-ring (bicyclic) bond motifs is 1. The van der Waals surface area contributed by atoms with Crippen LogP contribution < -0.4 is 5.32 Å². The molecule has 0 saturated heterocycles. The SMILES string of the molecule is O=CNCCC1=C2C=CC=CC2N=C1. The van der Waals surface area contributed by atoms with Crippen molar-refractivity contribution in [2.24, 2.45) is 4.99 Å². The van der Waals surface area contributed by atoms with Crippen LogP contribution in [0.2, 0.25) is 0 Å². The van der Waals surface area contributed by atoms with Crippen LogP contribution in [0.1, 0.15) is 6.42 Å². The van der Waals surface area contributed by atoms with Crippen molar-refractivity contribution in [3.05, 3.63) is 35.5 Å². The van der Waals surface area contributed by atoms with Gasteiger partial charge in [0, 0.05) is 12.8 Å². The lowest BCUT2D eigenvalue weighted by Gasteiger charge is -2.09. The molecule has 0 aromatic rings. The third kappa shape index (κ3) is 1.66. The molecular weight excluding hydrogens is 176 g/mol. The van der Waals surface area contributed by atoms with Crippen LogP contribution in [0.3, 0.4) is 0 Å². The number of hydrogen-bond acceptors (Lipinski definition) is 2. The lowest BCUT2D eigenvalue weighted by Crippen LogP contribution is -2.13. The van der Waals surface area contributed by atoms with Gasteiger partial charge in [-0.05, 0) is 17.6 Å². The Kier molecular flexibility index (Phi) is 2.58. The molecule has 0 fully saturated rings. The molecule has 2 aliphatic rings. The molecule has 1 unspecified atom stereocenters. The number of rotatable bonds is 4. The van der Waals surface area contributed by atoms with Gasteiger partial charge in [0.25, 0.3) is 0 Å². The molecule has 1 aliphatic heterocycles. The summed E-state index contributed by atoms with van der Waals surface area (Å²) in [5.74, 6) is 0. The van der Waals surface area contributed by atoms with E-state index in [4.69, 9.17) is 0 Å². The van der Waals surface area contributed by atoms with Gasteiger partial charge >= 0.3 is 0 Å². The van der Waals surface area contributed by atoms with E-state index < -0.39 is 0 Å². The van der Waals surface area contributed by atoms with Crippen LogP contribution in [0.5, 0.6) is 0 Å². The summed E-state index contributed by atoms with van der Waals surface area (Å²) in [5, 5.41) is 2.65. The van der Waals surface area contributed by atoms with E-state index in [1.165, 1.54) is 11.1 Å². The highest BCUT2D eigenvalue weighted by Gasteiger charge is 2.18. The second kappa shape index (κ2) is 4.05. The van der Waals surface area contributed by atoms with E-state index >= 15 is 0 Å². The van der Waals surface area contributed by atoms with Crippen LogP contribution >= 0.6 is 0 Å². The molecule has 1 atom stereocenters. The van der Waals surface area contributed by atoms with E-state index in [1.807, 2.05) is 18.4 Å². The normalized spacial score (nSPS) is 22.7. The lowest BCUT2D eigenvalue weighted by atomic mass is 9.98. The fourth-order valence-electron chi connectivity index (χ4n) is 1.68. The summed E-state index contributed by atoms with van der Waals surface area (Å²) in [6.45, 7) is 0.679. The molecule has 1 N–H and O–H groups in total. The number of allylic oxidation sites excluding steroid dienone is 2. The Hall–Kier alpha value is -1.64. The zero-order valence-corrected chi connectivity index (χ0v) is 7.81. The van der Waals surface area contributed by atoms with Gasteiger partial charge in [0.05, 0.1) is 6.04 Å². The number of aliphatic imine (C=N–C) groups is 1. The average Bonchev–Trinajstić information content (AvgIpc) is 2.63. The minimum absolute atomic E-state index is 0.214. The summed E-state index contributed by atoms with van der Waals surface area (Å²) in [6, 6.07) is 0.214. The van der Waals surface area contributed by atoms with Gasteiger partial charge in [-0.1, -0.05) is 24.3 Å². The fraction of sp³-hybridized carbons (Fsp3) is 0.273. The minimum Gasteiger partial charge on any atom is -0.358 e. The molecule has 72 valence electrons. The highest BCUT2D eigenvalue weighted by molar-refractivity contribution is 5.85. The second-order valence-electron chi connectivity index (χ2n) is 3.27. The van der Waals surface area contributed by atoms with Gasteiger partial charge in [0.2, 0.25) is 6.41 Å². The maximum Gasteiger partial charge on any atom is 0.207 e. The summed E-state index contributed by atoms with van der Waals surface area (Å²) >= 11 is 0. The van der Waals surface area contributed by atoms with E-state index in [1.54, 1.807) is 0 Å². The molecule has 3 heteroatoms. The van der Waals surface area contributed by atoms with Crippen molar-refractivity contribution in [2.45, 2.75) is 12.5 Å². The van der Waals surface area contributed by atoms with Crippen molar-refractivity contribution in [1.29, 1.82) is 0 Å². The first-order valence-corrected chi connectivity index (χ1v) is 4.70. The van der Waals surface area contributed by atoms with E-state index in [2.05, 4.69) is 22.5 Å². The molecule has 2 rings (SSSR count). The topological polar surface area (TPSA) is 41.5 Å². The summed E-state index contributed by atoms with van der Waals surface area (Å²) < 4.78 is 0. The first-order chi connectivity index (χ1) is 6.92. The molecule has 1 aliphatic carbocycles. The zero-order chi connectivity index (χ0) is 9.80. The molecule has 0 radical (unpaired) electrons. The van der Waals surface area contributed by atoms with Crippen molar-refractivity contribution in [2.75, 3.05) is 6.54 Å². The standard InChI is InChI=1S/C11H12N2O/c14-8-12-6-5-9-7-13-11-4-2-1-3-10(9)11/h1-4,7-8,11H,5-6H2,(H,12,14). The second-order valence-corrected chi connectivity index (χ2v) is 3.27. The van der Waals surface area contributed by atoms with Crippen LogP contribution in [-0.4, -0.2) is 25.2 Å². The molecule has 0 aromatic heterocycles. The summed E-state index contributed by atoms with van der Waals surface area (Å²) in [5.41, 5.74) is 2.49. The van der Waals surface area contributed by atoms with Crippen LogP contribution in [0.25, 0.3) is 0 Å².